The molecule has 0 aromatic heterocycles. The zero-order valence-electron chi connectivity index (χ0n) is 10.9. The van der Waals surface area contributed by atoms with E-state index in [1.807, 2.05) is 0 Å². The third-order valence-electron chi connectivity index (χ3n) is 1.37. The molecule has 1 aliphatic carbocycles. The van der Waals surface area contributed by atoms with Gasteiger partial charge in [0.05, 0.1) is 0 Å². The zero-order valence-corrected chi connectivity index (χ0v) is 10.9. The highest BCUT2D eigenvalue weighted by molar-refractivity contribution is 4.65. The first-order chi connectivity index (χ1) is 5.81. The van der Waals surface area contributed by atoms with Crippen molar-refractivity contribution >= 4 is 0 Å². The maximum atomic E-state index is 2.28. The van der Waals surface area contributed by atoms with Gasteiger partial charge in [0.25, 0.3) is 0 Å². The lowest BCUT2D eigenvalue weighted by Gasteiger charge is -2.05. The Morgan fingerprint density at radius 1 is 0.923 bits per heavy atom. The van der Waals surface area contributed by atoms with Crippen LogP contribution in [0.5, 0.6) is 0 Å². The average Bonchev–Trinajstić information content (AvgIpc) is 2.69. The number of rotatable bonds is 1. The van der Waals surface area contributed by atoms with E-state index in [1.165, 1.54) is 25.7 Å². The van der Waals surface area contributed by atoms with E-state index < -0.39 is 0 Å². The minimum absolute atomic E-state index is 0.500. The van der Waals surface area contributed by atoms with E-state index in [2.05, 4.69) is 48.5 Å². The van der Waals surface area contributed by atoms with Gasteiger partial charge in [-0.2, -0.15) is 0 Å². The second-order valence-corrected chi connectivity index (χ2v) is 5.68. The van der Waals surface area contributed by atoms with E-state index in [-0.39, 0.29) is 0 Å². The SMILES string of the molecule is CC(C)(C)C.CC1CC1.CCCC. The molecule has 0 N–H and O–H groups in total. The van der Waals surface area contributed by atoms with E-state index in [4.69, 9.17) is 0 Å². The minimum Gasteiger partial charge on any atom is -0.0654 e. The summed E-state index contributed by atoms with van der Waals surface area (Å²) in [5, 5.41) is 0. The highest BCUT2D eigenvalue weighted by Gasteiger charge is 2.12. The van der Waals surface area contributed by atoms with Crippen LogP contribution in [-0.2, 0) is 0 Å². The van der Waals surface area contributed by atoms with Crippen molar-refractivity contribution in [1.82, 2.24) is 0 Å². The molecule has 0 spiro atoms. The Morgan fingerprint density at radius 2 is 1.08 bits per heavy atom. The molecule has 0 aromatic rings. The van der Waals surface area contributed by atoms with Gasteiger partial charge in [0.15, 0.2) is 0 Å². The molecule has 0 atom stereocenters. The highest BCUT2D eigenvalue weighted by Crippen LogP contribution is 2.26. The third-order valence-corrected chi connectivity index (χ3v) is 1.37. The maximum Gasteiger partial charge on any atom is -0.0411 e. The maximum absolute atomic E-state index is 2.28. The number of hydrogen-bond acceptors (Lipinski definition) is 0. The van der Waals surface area contributed by atoms with Gasteiger partial charge < -0.3 is 0 Å². The quantitative estimate of drug-likeness (QED) is 0.523. The first kappa shape index (κ1) is 15.5. The van der Waals surface area contributed by atoms with Crippen molar-refractivity contribution in [1.29, 1.82) is 0 Å². The fourth-order valence-electron chi connectivity index (χ4n) is 0.167. The van der Waals surface area contributed by atoms with Crippen molar-refractivity contribution in [3.63, 3.8) is 0 Å². The predicted molar refractivity (Wildman–Crippen MR) is 64.1 cm³/mol. The molecule has 82 valence electrons. The molecule has 0 unspecified atom stereocenters. The summed E-state index contributed by atoms with van der Waals surface area (Å²) in [5.41, 5.74) is 0.500. The molecule has 0 aliphatic heterocycles. The Labute approximate surface area is 86.1 Å². The van der Waals surface area contributed by atoms with E-state index in [1.54, 1.807) is 0 Å². The monoisotopic (exact) mass is 186 g/mol. The van der Waals surface area contributed by atoms with Crippen molar-refractivity contribution in [2.75, 3.05) is 0 Å². The van der Waals surface area contributed by atoms with E-state index in [9.17, 15) is 0 Å². The Hall–Kier alpha value is 0. The number of hydrogen-bond donors (Lipinski definition) is 0. The molecule has 1 fully saturated rings. The lowest BCUT2D eigenvalue weighted by atomic mass is 10.0. The summed E-state index contributed by atoms with van der Waals surface area (Å²) in [5.74, 6) is 1.08. The number of unbranched alkanes of at least 4 members (excludes halogenated alkanes) is 1. The molecule has 0 saturated heterocycles. The standard InChI is InChI=1S/C5H12.C4H8.C4H10/c1-5(2,3)4;1-4-2-3-4;1-3-4-2/h1-4H3;4H,2-3H2,1H3;3-4H2,1-2H3. The first-order valence-corrected chi connectivity index (χ1v) is 5.81. The van der Waals surface area contributed by atoms with Crippen molar-refractivity contribution in [2.24, 2.45) is 11.3 Å². The van der Waals surface area contributed by atoms with Crippen molar-refractivity contribution < 1.29 is 0 Å². The van der Waals surface area contributed by atoms with Crippen molar-refractivity contribution in [3.05, 3.63) is 0 Å². The molecule has 0 heteroatoms. The highest BCUT2D eigenvalue weighted by atomic mass is 14.2. The molecule has 0 nitrogen and oxygen atoms in total. The molecule has 0 amide bonds. The van der Waals surface area contributed by atoms with Crippen LogP contribution in [0.25, 0.3) is 0 Å². The third kappa shape index (κ3) is 75.0. The van der Waals surface area contributed by atoms with Crippen molar-refractivity contribution in [3.8, 4) is 0 Å². The van der Waals surface area contributed by atoms with Gasteiger partial charge in [-0.25, -0.2) is 0 Å². The molecule has 1 saturated carbocycles. The van der Waals surface area contributed by atoms with Gasteiger partial charge in [-0.05, 0) is 11.3 Å². The molecule has 0 heterocycles. The van der Waals surface area contributed by atoms with E-state index in [0.29, 0.717) is 5.41 Å². The Balaban J connectivity index is 0. The second kappa shape index (κ2) is 8.59. The van der Waals surface area contributed by atoms with Crippen LogP contribution in [0.1, 0.15) is 74.1 Å². The molecular weight excluding hydrogens is 156 g/mol. The Bertz CT molecular complexity index is 74.7. The van der Waals surface area contributed by atoms with E-state index in [0.717, 1.165) is 5.92 Å². The van der Waals surface area contributed by atoms with Gasteiger partial charge in [-0.15, -0.1) is 0 Å². The summed E-state index contributed by atoms with van der Waals surface area (Å²) in [7, 11) is 0. The Morgan fingerprint density at radius 3 is 1.08 bits per heavy atom. The average molecular weight is 186 g/mol. The second-order valence-electron chi connectivity index (χ2n) is 5.68. The topological polar surface area (TPSA) is 0 Å². The van der Waals surface area contributed by atoms with Crippen LogP contribution < -0.4 is 0 Å². The van der Waals surface area contributed by atoms with Gasteiger partial charge in [0.1, 0.15) is 0 Å². The molecule has 13 heavy (non-hydrogen) atoms. The normalized spacial score (nSPS) is 15.0. The minimum atomic E-state index is 0.500. The van der Waals surface area contributed by atoms with E-state index >= 15 is 0 Å². The molecule has 0 aromatic carbocycles. The Kier molecular flexibility index (Phi) is 10.2. The summed E-state index contributed by atoms with van der Waals surface area (Å²) in [4.78, 5) is 0. The summed E-state index contributed by atoms with van der Waals surface area (Å²) in [6.45, 7) is 15.4. The lowest BCUT2D eigenvalue weighted by Crippen LogP contribution is -1.93. The van der Waals surface area contributed by atoms with Gasteiger partial charge >= 0.3 is 0 Å². The largest absolute Gasteiger partial charge is 0.0654 e. The van der Waals surface area contributed by atoms with Gasteiger partial charge in [-0.3, -0.25) is 0 Å². The molecule has 0 radical (unpaired) electrons. The van der Waals surface area contributed by atoms with Gasteiger partial charge in [0, 0.05) is 0 Å². The van der Waals surface area contributed by atoms with Crippen LogP contribution in [0.3, 0.4) is 0 Å². The van der Waals surface area contributed by atoms with Crippen LogP contribution in [-0.4, -0.2) is 0 Å². The molecule has 1 aliphatic rings. The smallest absolute Gasteiger partial charge is 0.0411 e. The predicted octanol–water partition coefficient (Wildman–Crippen LogP) is 5.28. The van der Waals surface area contributed by atoms with Crippen LogP contribution >= 0.6 is 0 Å². The fraction of sp³-hybridized carbons (Fsp3) is 1.00. The van der Waals surface area contributed by atoms with Crippen molar-refractivity contribution in [2.45, 2.75) is 74.1 Å². The summed E-state index contributed by atoms with van der Waals surface area (Å²) in [6.07, 6.45) is 5.61. The molecule has 1 rings (SSSR count). The fourth-order valence-corrected chi connectivity index (χ4v) is 0.167. The lowest BCUT2D eigenvalue weighted by molar-refractivity contribution is 0.469. The van der Waals surface area contributed by atoms with Gasteiger partial charge in [-0.1, -0.05) is 74.1 Å². The van der Waals surface area contributed by atoms with Crippen LogP contribution in [0, 0.1) is 11.3 Å². The van der Waals surface area contributed by atoms with Crippen LogP contribution in [0.4, 0.5) is 0 Å². The molecular formula is C13H30. The molecule has 0 bridgehead atoms. The summed E-state index contributed by atoms with van der Waals surface area (Å²) in [6, 6.07) is 0. The zero-order chi connectivity index (χ0) is 10.9. The van der Waals surface area contributed by atoms with Crippen LogP contribution in [0.2, 0.25) is 0 Å². The summed E-state index contributed by atoms with van der Waals surface area (Å²) >= 11 is 0. The summed E-state index contributed by atoms with van der Waals surface area (Å²) < 4.78 is 0. The first-order valence-electron chi connectivity index (χ1n) is 5.81. The van der Waals surface area contributed by atoms with Crippen LogP contribution in [0.15, 0.2) is 0 Å². The van der Waals surface area contributed by atoms with Gasteiger partial charge in [0.2, 0.25) is 0 Å².